The van der Waals surface area contributed by atoms with Crippen LogP contribution in [-0.4, -0.2) is 15.7 Å². The Balaban J connectivity index is 2.07. The fourth-order valence-electron chi connectivity index (χ4n) is 2.38. The van der Waals surface area contributed by atoms with Gasteiger partial charge in [0.2, 0.25) is 0 Å². The van der Waals surface area contributed by atoms with E-state index in [-0.39, 0.29) is 9.70 Å². The maximum atomic E-state index is 13.9. The summed E-state index contributed by atoms with van der Waals surface area (Å²) in [6.07, 6.45) is -4.40. The maximum absolute atomic E-state index is 13.9. The highest BCUT2D eigenvalue weighted by Crippen LogP contribution is 2.34. The summed E-state index contributed by atoms with van der Waals surface area (Å²) in [5, 5.41) is 5.19. The van der Waals surface area contributed by atoms with E-state index in [0.29, 0.717) is 6.20 Å². The number of nitrogens with one attached hydrogen (secondary N) is 1. The number of para-hydroxylation sites is 1. The van der Waals surface area contributed by atoms with Gasteiger partial charge in [0, 0.05) is 0 Å². The van der Waals surface area contributed by atoms with E-state index in [0.717, 1.165) is 18.2 Å². The SMILES string of the molecule is O=C(Nc1cccc(Cl)c1F)c1cnn(-c2ccccc2F)c1C(F)(F)F. The summed E-state index contributed by atoms with van der Waals surface area (Å²) in [7, 11) is 0. The van der Waals surface area contributed by atoms with Gasteiger partial charge in [0.25, 0.3) is 5.91 Å². The lowest BCUT2D eigenvalue weighted by Crippen LogP contribution is -2.21. The molecule has 0 bridgehead atoms. The molecule has 0 saturated carbocycles. The number of hydrogen-bond donors (Lipinski definition) is 1. The number of alkyl halides is 3. The van der Waals surface area contributed by atoms with Crippen molar-refractivity contribution in [1.29, 1.82) is 0 Å². The van der Waals surface area contributed by atoms with Crippen molar-refractivity contribution in [2.45, 2.75) is 6.18 Å². The number of hydrogen-bond acceptors (Lipinski definition) is 2. The molecule has 1 N–H and O–H groups in total. The van der Waals surface area contributed by atoms with E-state index in [1.165, 1.54) is 24.3 Å². The van der Waals surface area contributed by atoms with Crippen molar-refractivity contribution in [3.8, 4) is 5.69 Å². The molecular weight excluding hydrogens is 393 g/mol. The van der Waals surface area contributed by atoms with Crippen molar-refractivity contribution in [2.24, 2.45) is 0 Å². The van der Waals surface area contributed by atoms with Gasteiger partial charge in [-0.25, -0.2) is 13.5 Å². The summed E-state index contributed by atoms with van der Waals surface area (Å²) in [5.41, 5.74) is -3.28. The third-order valence-electron chi connectivity index (χ3n) is 3.56. The van der Waals surface area contributed by atoms with Gasteiger partial charge in [0.1, 0.15) is 11.5 Å². The van der Waals surface area contributed by atoms with Crippen LogP contribution >= 0.6 is 11.6 Å². The molecule has 140 valence electrons. The summed E-state index contributed by atoms with van der Waals surface area (Å²) in [4.78, 5) is 12.3. The van der Waals surface area contributed by atoms with Gasteiger partial charge in [-0.05, 0) is 24.3 Å². The molecule has 3 aromatic rings. The molecule has 2 aromatic carbocycles. The molecule has 1 amide bonds. The lowest BCUT2D eigenvalue weighted by molar-refractivity contribution is -0.143. The molecule has 0 atom stereocenters. The summed E-state index contributed by atoms with van der Waals surface area (Å²) in [6.45, 7) is 0. The van der Waals surface area contributed by atoms with Crippen molar-refractivity contribution >= 4 is 23.2 Å². The van der Waals surface area contributed by atoms with Crippen molar-refractivity contribution < 1.29 is 26.7 Å². The van der Waals surface area contributed by atoms with Crippen LogP contribution in [0.25, 0.3) is 5.69 Å². The Morgan fingerprint density at radius 2 is 1.78 bits per heavy atom. The molecule has 1 aromatic heterocycles. The van der Waals surface area contributed by atoms with Crippen LogP contribution in [0.2, 0.25) is 5.02 Å². The summed E-state index contributed by atoms with van der Waals surface area (Å²) < 4.78 is 68.7. The van der Waals surface area contributed by atoms with Gasteiger partial charge in [-0.3, -0.25) is 4.79 Å². The first-order valence-corrected chi connectivity index (χ1v) is 7.73. The molecule has 27 heavy (non-hydrogen) atoms. The zero-order valence-electron chi connectivity index (χ0n) is 13.2. The number of rotatable bonds is 3. The Labute approximate surface area is 154 Å². The zero-order valence-corrected chi connectivity index (χ0v) is 13.9. The predicted octanol–water partition coefficient (Wildman–Crippen LogP) is 5.08. The second-order valence-corrected chi connectivity index (χ2v) is 5.73. The second kappa shape index (κ2) is 6.99. The molecule has 0 fully saturated rings. The minimum Gasteiger partial charge on any atom is -0.319 e. The Morgan fingerprint density at radius 3 is 2.44 bits per heavy atom. The van der Waals surface area contributed by atoms with Gasteiger partial charge in [0.15, 0.2) is 11.5 Å². The number of benzene rings is 2. The maximum Gasteiger partial charge on any atom is 0.434 e. The minimum absolute atomic E-state index is 0.276. The van der Waals surface area contributed by atoms with Crippen LogP contribution in [0.15, 0.2) is 48.7 Å². The fraction of sp³-hybridized carbons (Fsp3) is 0.0588. The molecule has 0 aliphatic rings. The third-order valence-corrected chi connectivity index (χ3v) is 3.85. The topological polar surface area (TPSA) is 46.9 Å². The van der Waals surface area contributed by atoms with Crippen molar-refractivity contribution in [3.05, 3.63) is 76.6 Å². The normalized spacial score (nSPS) is 11.5. The first kappa shape index (κ1) is 18.8. The molecule has 0 aliphatic heterocycles. The highest BCUT2D eigenvalue weighted by atomic mass is 35.5. The largest absolute Gasteiger partial charge is 0.434 e. The number of anilines is 1. The van der Waals surface area contributed by atoms with Crippen molar-refractivity contribution in [2.75, 3.05) is 5.32 Å². The van der Waals surface area contributed by atoms with E-state index in [2.05, 4.69) is 5.10 Å². The standard InChI is InChI=1S/C17H9ClF5N3O/c18-10-4-3-6-12(14(10)20)25-16(27)9-8-24-26(15(9)17(21,22)23)13-7-2-1-5-11(13)19/h1-8H,(H,25,27). The van der Waals surface area contributed by atoms with Crippen LogP contribution in [0.5, 0.6) is 0 Å². The molecule has 0 spiro atoms. The molecule has 0 unspecified atom stereocenters. The molecule has 10 heteroatoms. The quantitative estimate of drug-likeness (QED) is 0.622. The lowest BCUT2D eigenvalue weighted by atomic mass is 10.2. The van der Waals surface area contributed by atoms with Crippen LogP contribution in [-0.2, 0) is 6.18 Å². The second-order valence-electron chi connectivity index (χ2n) is 5.32. The molecule has 0 radical (unpaired) electrons. The Bertz CT molecular complexity index is 1020. The Hall–Kier alpha value is -2.94. The average Bonchev–Trinajstić information content (AvgIpc) is 3.05. The zero-order chi connectivity index (χ0) is 19.8. The molecule has 0 aliphatic carbocycles. The van der Waals surface area contributed by atoms with Crippen LogP contribution in [0.3, 0.4) is 0 Å². The number of halogens is 6. The monoisotopic (exact) mass is 401 g/mol. The van der Waals surface area contributed by atoms with Gasteiger partial charge >= 0.3 is 6.18 Å². The smallest absolute Gasteiger partial charge is 0.319 e. The van der Waals surface area contributed by atoms with Crippen LogP contribution < -0.4 is 5.32 Å². The van der Waals surface area contributed by atoms with Gasteiger partial charge in [-0.2, -0.15) is 18.3 Å². The highest BCUT2D eigenvalue weighted by Gasteiger charge is 2.41. The van der Waals surface area contributed by atoms with E-state index >= 15 is 0 Å². The average molecular weight is 402 g/mol. The summed E-state index contributed by atoms with van der Waals surface area (Å²) >= 11 is 5.58. The Kier molecular flexibility index (Phi) is 4.88. The lowest BCUT2D eigenvalue weighted by Gasteiger charge is -2.13. The molecule has 1 heterocycles. The van der Waals surface area contributed by atoms with Crippen molar-refractivity contribution in [3.63, 3.8) is 0 Å². The Morgan fingerprint density at radius 1 is 1.07 bits per heavy atom. The van der Waals surface area contributed by atoms with Crippen LogP contribution in [0.4, 0.5) is 27.6 Å². The molecular formula is C17H9ClF5N3O. The first-order valence-electron chi connectivity index (χ1n) is 7.35. The first-order chi connectivity index (χ1) is 12.7. The summed E-state index contributed by atoms with van der Waals surface area (Å²) in [5.74, 6) is -3.23. The number of carbonyl (C=O) groups is 1. The molecule has 0 saturated heterocycles. The minimum atomic E-state index is -5.03. The van der Waals surface area contributed by atoms with Crippen molar-refractivity contribution in [1.82, 2.24) is 9.78 Å². The third kappa shape index (κ3) is 3.63. The van der Waals surface area contributed by atoms with Gasteiger partial charge in [-0.1, -0.05) is 29.8 Å². The number of carbonyl (C=O) groups excluding carboxylic acids is 1. The van der Waals surface area contributed by atoms with Crippen LogP contribution in [0, 0.1) is 11.6 Å². The molecule has 4 nitrogen and oxygen atoms in total. The predicted molar refractivity (Wildman–Crippen MR) is 87.9 cm³/mol. The van der Waals surface area contributed by atoms with Gasteiger partial charge < -0.3 is 5.32 Å². The number of nitrogens with zero attached hydrogens (tertiary/aromatic N) is 2. The summed E-state index contributed by atoms with van der Waals surface area (Å²) in [6, 6.07) is 8.31. The van der Waals surface area contributed by atoms with E-state index < -0.39 is 46.4 Å². The van der Waals surface area contributed by atoms with Gasteiger partial charge in [-0.15, -0.1) is 0 Å². The molecule has 3 rings (SSSR count). The van der Waals surface area contributed by atoms with E-state index in [4.69, 9.17) is 11.6 Å². The fourth-order valence-corrected chi connectivity index (χ4v) is 2.56. The number of aromatic nitrogens is 2. The van der Waals surface area contributed by atoms with E-state index in [9.17, 15) is 26.7 Å². The number of amides is 1. The van der Waals surface area contributed by atoms with E-state index in [1.54, 1.807) is 0 Å². The van der Waals surface area contributed by atoms with Crippen LogP contribution in [0.1, 0.15) is 16.1 Å². The van der Waals surface area contributed by atoms with E-state index in [1.807, 2.05) is 5.32 Å². The highest BCUT2D eigenvalue weighted by molar-refractivity contribution is 6.31. The van der Waals surface area contributed by atoms with Gasteiger partial charge in [0.05, 0.1) is 22.5 Å².